The first-order valence-corrected chi connectivity index (χ1v) is 14.9. The number of nitrogens with one attached hydrogen (secondary N) is 1. The van der Waals surface area contributed by atoms with Crippen LogP contribution in [0.1, 0.15) is 37.0 Å². The lowest BCUT2D eigenvalue weighted by atomic mass is 10.1. The van der Waals surface area contributed by atoms with Crippen LogP contribution in [-0.4, -0.2) is 58.5 Å². The van der Waals surface area contributed by atoms with Gasteiger partial charge in [-0.05, 0) is 57.0 Å². The topological polar surface area (TPSA) is 105 Å². The minimum atomic E-state index is -4.25. The third-order valence-electron chi connectivity index (χ3n) is 6.71. The van der Waals surface area contributed by atoms with Crippen LogP contribution >= 0.6 is 0 Å². The van der Waals surface area contributed by atoms with E-state index in [1.165, 1.54) is 37.3 Å². The predicted octanol–water partition coefficient (Wildman–Crippen LogP) is 4.46. The predicted molar refractivity (Wildman–Crippen MR) is 160 cm³/mol. The molecular weight excluding hydrogens is 542 g/mol. The number of likely N-dealkylation sites (N-methyl/N-ethyl adjacent to an activating group) is 1. The van der Waals surface area contributed by atoms with E-state index in [1.54, 1.807) is 24.3 Å². The van der Waals surface area contributed by atoms with Crippen molar-refractivity contribution < 1.29 is 27.5 Å². The maximum absolute atomic E-state index is 14.2. The summed E-state index contributed by atoms with van der Waals surface area (Å²) < 4.78 is 40.2. The van der Waals surface area contributed by atoms with Crippen LogP contribution in [0.25, 0.3) is 0 Å². The molecule has 0 aromatic heterocycles. The summed E-state index contributed by atoms with van der Waals surface area (Å²) in [5.41, 5.74) is 2.86. The molecule has 0 spiro atoms. The number of sulfonamides is 1. The summed E-state index contributed by atoms with van der Waals surface area (Å²) in [6, 6.07) is 18.0. The molecule has 0 radical (unpaired) electrons. The second kappa shape index (κ2) is 14.0. The lowest BCUT2D eigenvalue weighted by molar-refractivity contribution is -0.140. The summed E-state index contributed by atoms with van der Waals surface area (Å²) in [5.74, 6) is -0.203. The number of benzene rings is 3. The van der Waals surface area contributed by atoms with Gasteiger partial charge in [0.25, 0.3) is 10.0 Å². The van der Waals surface area contributed by atoms with E-state index in [0.717, 1.165) is 21.0 Å². The monoisotopic (exact) mass is 581 g/mol. The highest BCUT2D eigenvalue weighted by Gasteiger charge is 2.35. The number of nitrogens with zero attached hydrogens (tertiary/aromatic N) is 2. The molecule has 0 saturated heterocycles. The fourth-order valence-electron chi connectivity index (χ4n) is 4.56. The van der Waals surface area contributed by atoms with E-state index >= 15 is 0 Å². The first-order chi connectivity index (χ1) is 19.5. The molecule has 220 valence electrons. The molecule has 0 unspecified atom stereocenters. The Morgan fingerprint density at radius 2 is 1.61 bits per heavy atom. The molecule has 3 aromatic rings. The number of anilines is 1. The van der Waals surface area contributed by atoms with Crippen molar-refractivity contribution in [3.8, 4) is 11.5 Å². The highest BCUT2D eigenvalue weighted by Crippen LogP contribution is 2.36. The van der Waals surface area contributed by atoms with Crippen LogP contribution in [0.15, 0.2) is 71.6 Å². The molecule has 1 atom stereocenters. The Kier molecular flexibility index (Phi) is 10.8. The number of carbonyl (C=O) groups is 2. The van der Waals surface area contributed by atoms with Crippen molar-refractivity contribution in [1.82, 2.24) is 10.2 Å². The Bertz CT molecular complexity index is 1460. The number of rotatable bonds is 13. The summed E-state index contributed by atoms with van der Waals surface area (Å²) in [5, 5.41) is 2.81. The second-order valence-electron chi connectivity index (χ2n) is 9.69. The van der Waals surface area contributed by atoms with Crippen LogP contribution < -0.4 is 19.1 Å². The number of hydrogen-bond donors (Lipinski definition) is 1. The summed E-state index contributed by atoms with van der Waals surface area (Å²) >= 11 is 0. The van der Waals surface area contributed by atoms with Gasteiger partial charge in [0.05, 0.1) is 24.8 Å². The highest BCUT2D eigenvalue weighted by molar-refractivity contribution is 7.92. The summed E-state index contributed by atoms with van der Waals surface area (Å²) in [7, 11) is -1.35. The number of ether oxygens (including phenoxy) is 2. The van der Waals surface area contributed by atoms with Crippen molar-refractivity contribution in [3.63, 3.8) is 0 Å². The molecule has 0 heterocycles. The smallest absolute Gasteiger partial charge is 0.264 e. The Morgan fingerprint density at radius 3 is 2.20 bits per heavy atom. The zero-order chi connectivity index (χ0) is 30.2. The van der Waals surface area contributed by atoms with Crippen LogP contribution in [0.5, 0.6) is 11.5 Å². The van der Waals surface area contributed by atoms with Gasteiger partial charge in [0.15, 0.2) is 0 Å². The van der Waals surface area contributed by atoms with Crippen molar-refractivity contribution in [2.75, 3.05) is 31.6 Å². The van der Waals surface area contributed by atoms with Gasteiger partial charge < -0.3 is 19.7 Å². The SMILES string of the molecule is CCNC(=O)[C@H](CC)N(Cc1cccc(C)c1)C(=O)CN(c1cc(OC)ccc1OC)S(=O)(=O)c1ccc(C)cc1. The van der Waals surface area contributed by atoms with E-state index in [9.17, 15) is 18.0 Å². The summed E-state index contributed by atoms with van der Waals surface area (Å²) in [6.45, 7) is 7.40. The molecule has 10 heteroatoms. The molecule has 3 rings (SSSR count). The molecule has 1 N–H and O–H groups in total. The number of methoxy groups -OCH3 is 2. The normalized spacial score (nSPS) is 11.9. The standard InChI is InChI=1S/C31H39N3O6S/c1-7-27(31(36)32-8-2)33(20-24-11-9-10-23(4)18-24)30(35)21-34(28-19-25(39-5)14-17-29(28)40-6)41(37,38)26-15-12-22(3)13-16-26/h9-19,27H,7-8,20-21H2,1-6H3,(H,32,36)/t27-/m0/s1. The largest absolute Gasteiger partial charge is 0.497 e. The molecular formula is C31H39N3O6S. The van der Waals surface area contributed by atoms with Crippen molar-refractivity contribution >= 4 is 27.5 Å². The van der Waals surface area contributed by atoms with Gasteiger partial charge in [-0.2, -0.15) is 0 Å². The molecule has 2 amide bonds. The second-order valence-corrected chi connectivity index (χ2v) is 11.6. The van der Waals surface area contributed by atoms with Crippen molar-refractivity contribution in [2.45, 2.75) is 51.6 Å². The van der Waals surface area contributed by atoms with Gasteiger partial charge in [0, 0.05) is 19.2 Å². The van der Waals surface area contributed by atoms with Gasteiger partial charge in [-0.3, -0.25) is 13.9 Å². The van der Waals surface area contributed by atoms with E-state index in [2.05, 4.69) is 5.32 Å². The molecule has 3 aromatic carbocycles. The van der Waals surface area contributed by atoms with Gasteiger partial charge in [0.1, 0.15) is 24.1 Å². The molecule has 0 aliphatic heterocycles. The first kappa shape index (κ1) is 31.5. The average molecular weight is 582 g/mol. The zero-order valence-corrected chi connectivity index (χ0v) is 25.3. The van der Waals surface area contributed by atoms with E-state index in [0.29, 0.717) is 18.7 Å². The van der Waals surface area contributed by atoms with Gasteiger partial charge in [-0.1, -0.05) is 54.4 Å². The summed E-state index contributed by atoms with van der Waals surface area (Å²) in [4.78, 5) is 28.7. The van der Waals surface area contributed by atoms with Crippen molar-refractivity contribution in [2.24, 2.45) is 0 Å². The van der Waals surface area contributed by atoms with E-state index in [4.69, 9.17) is 9.47 Å². The third-order valence-corrected chi connectivity index (χ3v) is 8.49. The molecule has 41 heavy (non-hydrogen) atoms. The first-order valence-electron chi connectivity index (χ1n) is 13.5. The minimum Gasteiger partial charge on any atom is -0.497 e. The Morgan fingerprint density at radius 1 is 0.902 bits per heavy atom. The van der Waals surface area contributed by atoms with Crippen LogP contribution in [0.4, 0.5) is 5.69 Å². The lowest BCUT2D eigenvalue weighted by Crippen LogP contribution is -2.52. The Labute approximate surface area is 243 Å². The number of aryl methyl sites for hydroxylation is 2. The number of amides is 2. The van der Waals surface area contributed by atoms with Crippen LogP contribution in [0, 0.1) is 13.8 Å². The molecule has 9 nitrogen and oxygen atoms in total. The number of carbonyl (C=O) groups excluding carboxylic acids is 2. The maximum atomic E-state index is 14.2. The average Bonchev–Trinajstić information content (AvgIpc) is 2.95. The Hall–Kier alpha value is -4.05. The van der Waals surface area contributed by atoms with Gasteiger partial charge in [-0.25, -0.2) is 8.42 Å². The summed E-state index contributed by atoms with van der Waals surface area (Å²) in [6.07, 6.45) is 0.344. The minimum absolute atomic E-state index is 0.0155. The van der Waals surface area contributed by atoms with Crippen LogP contribution in [0.3, 0.4) is 0 Å². The van der Waals surface area contributed by atoms with Gasteiger partial charge in [0.2, 0.25) is 11.8 Å². The van der Waals surface area contributed by atoms with Crippen molar-refractivity contribution in [1.29, 1.82) is 0 Å². The van der Waals surface area contributed by atoms with Crippen LogP contribution in [-0.2, 0) is 26.2 Å². The maximum Gasteiger partial charge on any atom is 0.264 e. The molecule has 0 fully saturated rings. The third kappa shape index (κ3) is 7.58. The van der Waals surface area contributed by atoms with E-state index < -0.39 is 28.5 Å². The Balaban J connectivity index is 2.15. The zero-order valence-electron chi connectivity index (χ0n) is 24.5. The van der Waals surface area contributed by atoms with E-state index in [-0.39, 0.29) is 28.8 Å². The number of hydrogen-bond acceptors (Lipinski definition) is 6. The van der Waals surface area contributed by atoms with Gasteiger partial charge >= 0.3 is 0 Å². The lowest BCUT2D eigenvalue weighted by Gasteiger charge is -2.33. The van der Waals surface area contributed by atoms with Gasteiger partial charge in [-0.15, -0.1) is 0 Å². The molecule has 0 saturated carbocycles. The molecule has 0 bridgehead atoms. The van der Waals surface area contributed by atoms with Crippen LogP contribution in [0.2, 0.25) is 0 Å². The van der Waals surface area contributed by atoms with E-state index in [1.807, 2.05) is 52.0 Å². The molecule has 0 aliphatic carbocycles. The molecule has 0 aliphatic rings. The fraction of sp³-hybridized carbons (Fsp3) is 0.355. The fourth-order valence-corrected chi connectivity index (χ4v) is 5.98. The highest BCUT2D eigenvalue weighted by atomic mass is 32.2. The van der Waals surface area contributed by atoms with Crippen molar-refractivity contribution in [3.05, 3.63) is 83.4 Å². The quantitative estimate of drug-likeness (QED) is 0.320.